The minimum atomic E-state index is -0.730. The molecule has 0 unspecified atom stereocenters. The molecule has 3 rings (SSSR count). The van der Waals surface area contributed by atoms with Crippen LogP contribution in [0.25, 0.3) is 0 Å². The van der Waals surface area contributed by atoms with Crippen molar-refractivity contribution in [3.05, 3.63) is 71.6 Å². The Morgan fingerprint density at radius 2 is 1.52 bits per heavy atom. The summed E-state index contributed by atoms with van der Waals surface area (Å²) in [6.45, 7) is 0. The van der Waals surface area contributed by atoms with E-state index >= 15 is 0 Å². The lowest BCUT2D eigenvalue weighted by Crippen LogP contribution is -2.14. The highest BCUT2D eigenvalue weighted by molar-refractivity contribution is 5.33. The third kappa shape index (κ3) is 7.52. The van der Waals surface area contributed by atoms with Gasteiger partial charge in [-0.15, -0.1) is 0 Å². The lowest BCUT2D eigenvalue weighted by Gasteiger charge is -2.29. The second kappa shape index (κ2) is 12.3. The molecule has 2 nitrogen and oxygen atoms in total. The lowest BCUT2D eigenvalue weighted by atomic mass is 9.77. The molecule has 2 fully saturated rings. The molecular formula is C28H33FN2. The number of benzene rings is 1. The molecular weight excluding hydrogens is 383 g/mol. The average Bonchev–Trinajstić information content (AvgIpc) is 2.83. The van der Waals surface area contributed by atoms with Crippen LogP contribution in [0.15, 0.2) is 60.5 Å². The number of hydrogen-bond donors (Lipinski definition) is 0. The number of nitriles is 2. The van der Waals surface area contributed by atoms with Crippen molar-refractivity contribution in [3.63, 3.8) is 0 Å². The van der Waals surface area contributed by atoms with E-state index in [1.807, 2.05) is 18.2 Å². The van der Waals surface area contributed by atoms with Crippen molar-refractivity contribution in [1.29, 1.82) is 10.5 Å². The van der Waals surface area contributed by atoms with Crippen LogP contribution in [0, 0.1) is 40.4 Å². The first-order valence-corrected chi connectivity index (χ1v) is 11.8. The summed E-state index contributed by atoms with van der Waals surface area (Å²) in [6.07, 6.45) is 22.2. The topological polar surface area (TPSA) is 47.6 Å². The van der Waals surface area contributed by atoms with E-state index in [1.54, 1.807) is 6.08 Å². The summed E-state index contributed by atoms with van der Waals surface area (Å²) in [5, 5.41) is 17.3. The van der Waals surface area contributed by atoms with E-state index < -0.39 is 5.83 Å². The van der Waals surface area contributed by atoms with Gasteiger partial charge >= 0.3 is 0 Å². The Morgan fingerprint density at radius 3 is 2.10 bits per heavy atom. The molecule has 2 aliphatic rings. The predicted molar refractivity (Wildman–Crippen MR) is 124 cm³/mol. The molecule has 0 N–H and O–H groups in total. The van der Waals surface area contributed by atoms with E-state index in [4.69, 9.17) is 10.5 Å². The molecule has 0 spiro atoms. The molecule has 2 aliphatic carbocycles. The summed E-state index contributed by atoms with van der Waals surface area (Å²) in [5.74, 6) is 2.15. The molecule has 1 aromatic rings. The lowest BCUT2D eigenvalue weighted by molar-refractivity contribution is 0.295. The van der Waals surface area contributed by atoms with Gasteiger partial charge in [0.25, 0.3) is 0 Å². The fraction of sp³-hybridized carbons (Fsp3) is 0.500. The Labute approximate surface area is 186 Å². The van der Waals surface area contributed by atoms with E-state index in [0.717, 1.165) is 36.2 Å². The van der Waals surface area contributed by atoms with Crippen LogP contribution < -0.4 is 0 Å². The van der Waals surface area contributed by atoms with Crippen LogP contribution in [-0.4, -0.2) is 0 Å². The highest BCUT2D eigenvalue weighted by Gasteiger charge is 2.22. The predicted octanol–water partition coefficient (Wildman–Crippen LogP) is 7.91. The first kappa shape index (κ1) is 23.0. The van der Waals surface area contributed by atoms with Crippen molar-refractivity contribution in [2.75, 3.05) is 0 Å². The largest absolute Gasteiger partial charge is 0.199 e. The van der Waals surface area contributed by atoms with Crippen molar-refractivity contribution >= 4 is 0 Å². The molecule has 2 saturated carbocycles. The minimum Gasteiger partial charge on any atom is -0.195 e. The summed E-state index contributed by atoms with van der Waals surface area (Å²) in [6, 6.07) is 11.8. The third-order valence-electron chi connectivity index (χ3n) is 7.06. The zero-order valence-corrected chi connectivity index (χ0v) is 18.3. The monoisotopic (exact) mass is 416 g/mol. The molecule has 3 heteroatoms. The van der Waals surface area contributed by atoms with E-state index in [-0.39, 0.29) is 0 Å². The van der Waals surface area contributed by atoms with Crippen molar-refractivity contribution in [3.8, 4) is 12.1 Å². The average molecular weight is 417 g/mol. The molecule has 0 bridgehead atoms. The van der Waals surface area contributed by atoms with Crippen LogP contribution in [0.4, 0.5) is 4.39 Å². The molecule has 0 aliphatic heterocycles. The Morgan fingerprint density at radius 1 is 0.903 bits per heavy atom. The second-order valence-corrected chi connectivity index (χ2v) is 9.14. The van der Waals surface area contributed by atoms with Crippen LogP contribution in [0.1, 0.15) is 81.3 Å². The smallest absolute Gasteiger partial charge is 0.195 e. The van der Waals surface area contributed by atoms with Gasteiger partial charge in [-0.3, -0.25) is 0 Å². The number of hydrogen-bond acceptors (Lipinski definition) is 2. The maximum absolute atomic E-state index is 12.7. The van der Waals surface area contributed by atoms with Gasteiger partial charge in [-0.1, -0.05) is 36.4 Å². The Hall–Kier alpha value is -2.65. The van der Waals surface area contributed by atoms with Gasteiger partial charge < -0.3 is 0 Å². The minimum absolute atomic E-state index is 0.647. The van der Waals surface area contributed by atoms with Gasteiger partial charge in [0.2, 0.25) is 0 Å². The molecule has 0 saturated heterocycles. The van der Waals surface area contributed by atoms with Crippen LogP contribution in [-0.2, 0) is 0 Å². The summed E-state index contributed by atoms with van der Waals surface area (Å²) in [7, 11) is 0. The molecule has 0 radical (unpaired) electrons. The highest BCUT2D eigenvalue weighted by Crippen LogP contribution is 2.37. The summed E-state index contributed by atoms with van der Waals surface area (Å²) in [4.78, 5) is 0. The van der Waals surface area contributed by atoms with Gasteiger partial charge in [-0.25, -0.2) is 0 Å². The van der Waals surface area contributed by atoms with Crippen LogP contribution in [0.5, 0.6) is 0 Å². The summed E-state index contributed by atoms with van der Waals surface area (Å²) >= 11 is 0. The van der Waals surface area contributed by atoms with Crippen LogP contribution in [0.2, 0.25) is 0 Å². The van der Waals surface area contributed by atoms with E-state index in [0.29, 0.717) is 5.92 Å². The van der Waals surface area contributed by atoms with Gasteiger partial charge in [0.1, 0.15) is 6.07 Å². The van der Waals surface area contributed by atoms with Gasteiger partial charge in [0, 0.05) is 0 Å². The molecule has 0 atom stereocenters. The van der Waals surface area contributed by atoms with Gasteiger partial charge in [0.05, 0.1) is 11.6 Å². The zero-order valence-electron chi connectivity index (χ0n) is 18.3. The SMILES string of the molecule is N#CC(F)=CC=CCCC1CCC(/C=C/C2CCC(c3ccc(C#N)cc3)CC2)CC1. The first-order valence-electron chi connectivity index (χ1n) is 11.8. The summed E-state index contributed by atoms with van der Waals surface area (Å²) in [5.41, 5.74) is 2.13. The van der Waals surface area contributed by atoms with Gasteiger partial charge in [-0.05, 0) is 112 Å². The first-order chi connectivity index (χ1) is 15.2. The van der Waals surface area contributed by atoms with Gasteiger partial charge in [-0.2, -0.15) is 14.9 Å². The molecule has 1 aromatic carbocycles. The Balaban J connectivity index is 1.33. The Bertz CT molecular complexity index is 850. The van der Waals surface area contributed by atoms with Crippen molar-refractivity contribution in [1.82, 2.24) is 0 Å². The molecule has 31 heavy (non-hydrogen) atoms. The third-order valence-corrected chi connectivity index (χ3v) is 7.06. The number of halogens is 1. The van der Waals surface area contributed by atoms with Crippen molar-refractivity contribution in [2.45, 2.75) is 70.1 Å². The fourth-order valence-electron chi connectivity index (χ4n) is 5.08. The molecule has 0 heterocycles. The second-order valence-electron chi connectivity index (χ2n) is 9.14. The maximum Gasteiger partial charge on any atom is 0.199 e. The fourth-order valence-corrected chi connectivity index (χ4v) is 5.08. The number of allylic oxidation sites excluding steroid dienone is 6. The summed E-state index contributed by atoms with van der Waals surface area (Å²) < 4.78 is 12.7. The highest BCUT2D eigenvalue weighted by atomic mass is 19.1. The van der Waals surface area contributed by atoms with Crippen molar-refractivity contribution in [2.24, 2.45) is 17.8 Å². The van der Waals surface area contributed by atoms with Crippen molar-refractivity contribution < 1.29 is 4.39 Å². The van der Waals surface area contributed by atoms with E-state index in [2.05, 4.69) is 30.4 Å². The molecule has 0 aromatic heterocycles. The van der Waals surface area contributed by atoms with E-state index in [1.165, 1.54) is 69.1 Å². The normalized spacial score (nSPS) is 27.3. The Kier molecular flexibility index (Phi) is 9.11. The quantitative estimate of drug-likeness (QED) is 0.257. The molecule has 162 valence electrons. The number of nitrogens with zero attached hydrogens (tertiary/aromatic N) is 2. The zero-order chi connectivity index (χ0) is 21.9. The number of rotatable bonds is 7. The molecule has 0 amide bonds. The standard InChI is InChI=1S/C28H33FN2/c29-28(21-31)5-3-1-2-4-22-6-8-23(9-7-22)10-11-24-12-16-26(17-13-24)27-18-14-25(20-30)15-19-27/h1,3,5,10-11,14-15,18-19,22-24,26H,2,4,6-9,12-13,16-17H2/b3-1?,11-10+,28-5?. The maximum atomic E-state index is 12.7. The van der Waals surface area contributed by atoms with Crippen LogP contribution >= 0.6 is 0 Å². The van der Waals surface area contributed by atoms with Crippen LogP contribution in [0.3, 0.4) is 0 Å². The van der Waals surface area contributed by atoms with E-state index in [9.17, 15) is 4.39 Å². The van der Waals surface area contributed by atoms with Gasteiger partial charge in [0.15, 0.2) is 5.83 Å².